The first-order valence-electron chi connectivity index (χ1n) is 8.54. The van der Waals surface area contributed by atoms with Gasteiger partial charge in [0.15, 0.2) is 15.8 Å². The van der Waals surface area contributed by atoms with Crippen molar-refractivity contribution >= 4 is 27.1 Å². The second-order valence-corrected chi connectivity index (χ2v) is 9.00. The summed E-state index contributed by atoms with van der Waals surface area (Å²) in [6.07, 6.45) is -1.04. The predicted molar refractivity (Wildman–Crippen MR) is 108 cm³/mol. The Labute approximate surface area is 164 Å². The summed E-state index contributed by atoms with van der Waals surface area (Å²) in [4.78, 5) is 4.45. The maximum atomic E-state index is 12.2. The normalized spacial score (nSPS) is 13.2. The number of guanidine groups is 1. The summed E-state index contributed by atoms with van der Waals surface area (Å²) in [7, 11) is -1.87. The molecule has 0 saturated heterocycles. The van der Waals surface area contributed by atoms with Crippen LogP contribution >= 0.6 is 11.3 Å². The predicted octanol–water partition coefficient (Wildman–Crippen LogP) is 1.65. The Morgan fingerprint density at radius 1 is 1.26 bits per heavy atom. The number of hydrogen-bond donors (Lipinski definition) is 3. The molecule has 1 unspecified atom stereocenters. The topological polar surface area (TPSA) is 100 Å². The summed E-state index contributed by atoms with van der Waals surface area (Å²) < 4.78 is 29.8. The zero-order valence-electron chi connectivity index (χ0n) is 15.4. The minimum Gasteiger partial charge on any atom is -0.497 e. The maximum absolute atomic E-state index is 12.2. The van der Waals surface area contributed by atoms with Gasteiger partial charge in [0.2, 0.25) is 0 Å². The molecule has 1 aromatic carbocycles. The number of sulfone groups is 1. The molecule has 0 saturated carbocycles. The van der Waals surface area contributed by atoms with E-state index in [1.807, 2.05) is 31.2 Å². The molecule has 0 spiro atoms. The van der Waals surface area contributed by atoms with Crippen LogP contribution in [0.25, 0.3) is 0 Å². The van der Waals surface area contributed by atoms with Crippen LogP contribution in [0.2, 0.25) is 0 Å². The van der Waals surface area contributed by atoms with Crippen LogP contribution < -0.4 is 15.4 Å². The van der Waals surface area contributed by atoms with Crippen LogP contribution in [0, 0.1) is 0 Å². The van der Waals surface area contributed by atoms with Crippen molar-refractivity contribution in [3.63, 3.8) is 0 Å². The number of methoxy groups -OCH3 is 1. The van der Waals surface area contributed by atoms with E-state index in [0.717, 1.165) is 22.6 Å². The average Bonchev–Trinajstić information content (AvgIpc) is 3.20. The molecule has 27 heavy (non-hydrogen) atoms. The van der Waals surface area contributed by atoms with Gasteiger partial charge in [-0.25, -0.2) is 13.4 Å². The van der Waals surface area contributed by atoms with Crippen LogP contribution in [0.3, 0.4) is 0 Å². The largest absolute Gasteiger partial charge is 0.497 e. The molecule has 3 N–H and O–H groups in total. The highest BCUT2D eigenvalue weighted by Gasteiger charge is 2.20. The molecule has 0 amide bonds. The average molecular weight is 412 g/mol. The Morgan fingerprint density at radius 2 is 2.00 bits per heavy atom. The van der Waals surface area contributed by atoms with Crippen molar-refractivity contribution in [3.8, 4) is 5.75 Å². The number of nitrogens with zero attached hydrogens (tertiary/aromatic N) is 1. The van der Waals surface area contributed by atoms with Gasteiger partial charge in [0.25, 0.3) is 0 Å². The van der Waals surface area contributed by atoms with E-state index in [0.29, 0.717) is 19.0 Å². The van der Waals surface area contributed by atoms with Gasteiger partial charge in [-0.15, -0.1) is 11.3 Å². The third-order valence-electron chi connectivity index (χ3n) is 3.64. The quantitative estimate of drug-likeness (QED) is 0.429. The van der Waals surface area contributed by atoms with Crippen LogP contribution in [0.15, 0.2) is 51.0 Å². The molecule has 0 bridgehead atoms. The number of aliphatic hydroxyl groups excluding tert-OH is 1. The zero-order chi connectivity index (χ0) is 19.7. The van der Waals surface area contributed by atoms with E-state index in [1.165, 1.54) is 0 Å². The standard InChI is InChI=1S/C18H25N3O4S2/c1-3-19-18(20-11-14-6-8-16(25-2)9-7-14)21-12-15(22)13-27(23,24)17-5-4-10-26-17/h4-10,15,22H,3,11-13H2,1-2H3,(H2,19,20,21). The molecular weight excluding hydrogens is 386 g/mol. The molecule has 148 valence electrons. The van der Waals surface area contributed by atoms with E-state index in [2.05, 4.69) is 15.6 Å². The van der Waals surface area contributed by atoms with Gasteiger partial charge in [0.1, 0.15) is 9.96 Å². The first kappa shape index (κ1) is 21.2. The third kappa shape index (κ3) is 6.85. The van der Waals surface area contributed by atoms with Crippen molar-refractivity contribution < 1.29 is 18.3 Å². The number of aliphatic hydroxyl groups is 1. The van der Waals surface area contributed by atoms with E-state index in [1.54, 1.807) is 24.6 Å². The lowest BCUT2D eigenvalue weighted by Gasteiger charge is -2.15. The fourth-order valence-corrected chi connectivity index (χ4v) is 4.77. The van der Waals surface area contributed by atoms with Gasteiger partial charge in [-0.3, -0.25) is 0 Å². The molecule has 9 heteroatoms. The molecule has 1 heterocycles. The Hall–Kier alpha value is -2.10. The van der Waals surface area contributed by atoms with Crippen molar-refractivity contribution in [2.24, 2.45) is 4.99 Å². The van der Waals surface area contributed by atoms with Crippen LogP contribution in [0.1, 0.15) is 12.5 Å². The minimum absolute atomic E-state index is 0.0824. The van der Waals surface area contributed by atoms with E-state index in [9.17, 15) is 13.5 Å². The van der Waals surface area contributed by atoms with Gasteiger partial charge in [0, 0.05) is 13.1 Å². The first-order chi connectivity index (χ1) is 12.9. The second-order valence-electron chi connectivity index (χ2n) is 5.79. The van der Waals surface area contributed by atoms with Gasteiger partial charge < -0.3 is 20.5 Å². The lowest BCUT2D eigenvalue weighted by molar-refractivity contribution is 0.200. The summed E-state index contributed by atoms with van der Waals surface area (Å²) in [6.45, 7) is 3.11. The molecule has 0 radical (unpaired) electrons. The summed E-state index contributed by atoms with van der Waals surface area (Å²) >= 11 is 1.15. The minimum atomic E-state index is -3.48. The van der Waals surface area contributed by atoms with Gasteiger partial charge >= 0.3 is 0 Å². The van der Waals surface area contributed by atoms with E-state index < -0.39 is 15.9 Å². The highest BCUT2D eigenvalue weighted by molar-refractivity contribution is 7.93. The molecule has 2 aromatic rings. The molecule has 1 atom stereocenters. The van der Waals surface area contributed by atoms with E-state index in [-0.39, 0.29) is 16.5 Å². The number of hydrogen-bond acceptors (Lipinski definition) is 6. The highest BCUT2D eigenvalue weighted by atomic mass is 32.2. The number of benzene rings is 1. The van der Waals surface area contributed by atoms with Crippen LogP contribution in [-0.4, -0.2) is 51.5 Å². The Balaban J connectivity index is 1.90. The molecule has 1 aromatic heterocycles. The Kier molecular flexibility index (Phi) is 8.08. The highest BCUT2D eigenvalue weighted by Crippen LogP contribution is 2.18. The van der Waals surface area contributed by atoms with E-state index in [4.69, 9.17) is 4.74 Å². The Morgan fingerprint density at radius 3 is 2.59 bits per heavy atom. The van der Waals surface area contributed by atoms with Crippen LogP contribution in [-0.2, 0) is 16.4 Å². The summed E-state index contributed by atoms with van der Waals surface area (Å²) in [5.74, 6) is 0.960. The monoisotopic (exact) mass is 411 g/mol. The van der Waals surface area contributed by atoms with Crippen molar-refractivity contribution in [1.82, 2.24) is 10.6 Å². The summed E-state index contributed by atoms with van der Waals surface area (Å²) in [5.41, 5.74) is 1.01. The summed E-state index contributed by atoms with van der Waals surface area (Å²) in [5, 5.41) is 17.9. The maximum Gasteiger partial charge on any atom is 0.191 e. The molecule has 0 aliphatic carbocycles. The van der Waals surface area contributed by atoms with E-state index >= 15 is 0 Å². The number of thiophene rings is 1. The fraction of sp³-hybridized carbons (Fsp3) is 0.389. The molecule has 0 aliphatic heterocycles. The van der Waals surface area contributed by atoms with Crippen LogP contribution in [0.5, 0.6) is 5.75 Å². The second kappa shape index (κ2) is 10.3. The van der Waals surface area contributed by atoms with Crippen molar-refractivity contribution in [2.45, 2.75) is 23.8 Å². The lowest BCUT2D eigenvalue weighted by Crippen LogP contribution is -2.42. The molecule has 0 fully saturated rings. The lowest BCUT2D eigenvalue weighted by atomic mass is 10.2. The SMILES string of the molecule is CCNC(=NCc1ccc(OC)cc1)NCC(O)CS(=O)(=O)c1cccs1. The first-order valence-corrected chi connectivity index (χ1v) is 11.1. The molecule has 2 rings (SSSR count). The molecule has 7 nitrogen and oxygen atoms in total. The fourth-order valence-electron chi connectivity index (χ4n) is 2.29. The van der Waals surface area contributed by atoms with Crippen molar-refractivity contribution in [1.29, 1.82) is 0 Å². The molecule has 0 aliphatic rings. The summed E-state index contributed by atoms with van der Waals surface area (Å²) in [6, 6.07) is 10.8. The molecular formula is C18H25N3O4S2. The van der Waals surface area contributed by atoms with Crippen molar-refractivity contribution in [2.75, 3.05) is 26.0 Å². The van der Waals surface area contributed by atoms with Crippen LogP contribution in [0.4, 0.5) is 0 Å². The van der Waals surface area contributed by atoms with Gasteiger partial charge in [-0.1, -0.05) is 18.2 Å². The van der Waals surface area contributed by atoms with Gasteiger partial charge in [-0.05, 0) is 36.1 Å². The number of rotatable bonds is 9. The van der Waals surface area contributed by atoms with Gasteiger partial charge in [0.05, 0.1) is 25.5 Å². The smallest absolute Gasteiger partial charge is 0.191 e. The number of aliphatic imine (C=N–C) groups is 1. The number of ether oxygens (including phenoxy) is 1. The Bertz CT molecular complexity index is 819. The number of nitrogens with one attached hydrogen (secondary N) is 2. The third-order valence-corrected chi connectivity index (χ3v) is 6.93. The zero-order valence-corrected chi connectivity index (χ0v) is 17.0. The van der Waals surface area contributed by atoms with Gasteiger partial charge in [-0.2, -0.15) is 0 Å². The van der Waals surface area contributed by atoms with Crippen molar-refractivity contribution in [3.05, 3.63) is 47.3 Å².